The van der Waals surface area contributed by atoms with Crippen molar-refractivity contribution >= 4 is 23.3 Å². The first-order chi connectivity index (χ1) is 15.2. The van der Waals surface area contributed by atoms with Crippen LogP contribution in [0.2, 0.25) is 0 Å². The maximum atomic E-state index is 12.5. The number of nitrogens with zero attached hydrogens (tertiary/aromatic N) is 2. The van der Waals surface area contributed by atoms with Gasteiger partial charge in [-0.15, -0.1) is 0 Å². The fraction of sp³-hybridized carbons (Fsp3) is 0.364. The van der Waals surface area contributed by atoms with Crippen molar-refractivity contribution in [3.63, 3.8) is 0 Å². The van der Waals surface area contributed by atoms with Gasteiger partial charge in [0.1, 0.15) is 0 Å². The van der Waals surface area contributed by atoms with E-state index in [1.165, 1.54) is 6.07 Å². The quantitative estimate of drug-likeness (QED) is 0.311. The number of nitro benzene ring substituents is 2. The highest BCUT2D eigenvalue weighted by Gasteiger charge is 2.31. The van der Waals surface area contributed by atoms with Crippen LogP contribution >= 0.6 is 0 Å². The minimum absolute atomic E-state index is 0.0251. The number of amides is 1. The lowest BCUT2D eigenvalue weighted by molar-refractivity contribution is -0.394. The fourth-order valence-corrected chi connectivity index (χ4v) is 3.35. The number of non-ortho nitro benzene ring substituents is 1. The van der Waals surface area contributed by atoms with Gasteiger partial charge in [0.25, 0.3) is 11.4 Å². The first kappa shape index (κ1) is 24.4. The number of benzene rings is 2. The zero-order valence-corrected chi connectivity index (χ0v) is 17.9. The van der Waals surface area contributed by atoms with Crippen LogP contribution in [0.5, 0.6) is 0 Å². The molecule has 1 amide bonds. The van der Waals surface area contributed by atoms with Crippen LogP contribution in [0.4, 0.5) is 11.4 Å². The third kappa shape index (κ3) is 6.59. The molecule has 2 aromatic rings. The van der Waals surface area contributed by atoms with E-state index in [0.717, 1.165) is 17.7 Å². The standard InChI is InChI=1S/C22H25N3O7/c1-3-32-22(27)19(18-13-12-17(24(28)29)14-20(18)25(30)31)10-7-11-21(26)23-15(2)16-8-5-4-6-9-16/h4-6,8-9,12-15,19H,3,7,10-11H2,1-2H3,(H,23,26). The molecule has 2 aromatic carbocycles. The van der Waals surface area contributed by atoms with E-state index in [-0.39, 0.29) is 43.4 Å². The molecule has 0 radical (unpaired) electrons. The molecule has 0 heterocycles. The Bertz CT molecular complexity index is 979. The van der Waals surface area contributed by atoms with Crippen LogP contribution in [0.25, 0.3) is 0 Å². The molecule has 170 valence electrons. The van der Waals surface area contributed by atoms with Gasteiger partial charge >= 0.3 is 5.97 Å². The minimum Gasteiger partial charge on any atom is -0.466 e. The van der Waals surface area contributed by atoms with Gasteiger partial charge in [0.2, 0.25) is 5.91 Å². The van der Waals surface area contributed by atoms with Gasteiger partial charge in [0, 0.05) is 18.1 Å². The summed E-state index contributed by atoms with van der Waals surface area (Å²) < 4.78 is 5.05. The van der Waals surface area contributed by atoms with E-state index in [0.29, 0.717) is 0 Å². The largest absolute Gasteiger partial charge is 0.466 e. The number of carbonyl (C=O) groups excluding carboxylic acids is 2. The molecule has 0 bridgehead atoms. The van der Waals surface area contributed by atoms with Crippen LogP contribution in [0.3, 0.4) is 0 Å². The highest BCUT2D eigenvalue weighted by molar-refractivity contribution is 5.80. The molecule has 0 aliphatic rings. The average molecular weight is 443 g/mol. The van der Waals surface area contributed by atoms with Crippen molar-refractivity contribution in [1.82, 2.24) is 5.32 Å². The van der Waals surface area contributed by atoms with E-state index in [9.17, 15) is 29.8 Å². The molecule has 2 unspecified atom stereocenters. The summed E-state index contributed by atoms with van der Waals surface area (Å²) in [4.78, 5) is 45.8. The smallest absolute Gasteiger partial charge is 0.313 e. The van der Waals surface area contributed by atoms with E-state index in [1.807, 2.05) is 37.3 Å². The molecule has 32 heavy (non-hydrogen) atoms. The molecule has 0 aliphatic heterocycles. The lowest BCUT2D eigenvalue weighted by Gasteiger charge is -2.17. The summed E-state index contributed by atoms with van der Waals surface area (Å²) in [5.74, 6) is -1.92. The van der Waals surface area contributed by atoms with Crippen molar-refractivity contribution in [2.45, 2.75) is 45.1 Å². The lowest BCUT2D eigenvalue weighted by Crippen LogP contribution is -2.26. The molecule has 0 aromatic heterocycles. The normalized spacial score (nSPS) is 12.4. The summed E-state index contributed by atoms with van der Waals surface area (Å²) in [6.07, 6.45) is 0.490. The molecular formula is C22H25N3O7. The third-order valence-electron chi connectivity index (χ3n) is 4.94. The van der Waals surface area contributed by atoms with Crippen molar-refractivity contribution in [2.75, 3.05) is 6.61 Å². The summed E-state index contributed by atoms with van der Waals surface area (Å²) in [6, 6.07) is 12.4. The van der Waals surface area contributed by atoms with Crippen LogP contribution < -0.4 is 5.32 Å². The van der Waals surface area contributed by atoms with Crippen LogP contribution in [0.1, 0.15) is 56.2 Å². The summed E-state index contributed by atoms with van der Waals surface area (Å²) in [6.45, 7) is 3.54. The number of carbonyl (C=O) groups is 2. The van der Waals surface area contributed by atoms with Gasteiger partial charge in [0.15, 0.2) is 0 Å². The Morgan fingerprint density at radius 2 is 1.75 bits per heavy atom. The number of hydrogen-bond donors (Lipinski definition) is 1. The highest BCUT2D eigenvalue weighted by Crippen LogP contribution is 2.34. The number of nitrogens with one attached hydrogen (secondary N) is 1. The van der Waals surface area contributed by atoms with Crippen molar-refractivity contribution in [2.24, 2.45) is 0 Å². The Morgan fingerprint density at radius 1 is 1.06 bits per heavy atom. The number of esters is 1. The fourth-order valence-electron chi connectivity index (χ4n) is 3.35. The Kier molecular flexibility index (Phi) is 8.82. The number of rotatable bonds is 11. The summed E-state index contributed by atoms with van der Waals surface area (Å²) in [7, 11) is 0. The molecule has 0 saturated carbocycles. The maximum absolute atomic E-state index is 12.5. The van der Waals surface area contributed by atoms with Crippen molar-refractivity contribution in [3.8, 4) is 0 Å². The van der Waals surface area contributed by atoms with Crippen molar-refractivity contribution < 1.29 is 24.2 Å². The van der Waals surface area contributed by atoms with E-state index in [1.54, 1.807) is 6.92 Å². The predicted octanol–water partition coefficient (Wildman–Crippen LogP) is 4.20. The summed E-state index contributed by atoms with van der Waals surface area (Å²) >= 11 is 0. The second-order valence-electron chi connectivity index (χ2n) is 7.15. The van der Waals surface area contributed by atoms with E-state index >= 15 is 0 Å². The second-order valence-corrected chi connectivity index (χ2v) is 7.15. The molecule has 0 saturated heterocycles. The Hall–Kier alpha value is -3.82. The number of nitro groups is 2. The third-order valence-corrected chi connectivity index (χ3v) is 4.94. The Morgan fingerprint density at radius 3 is 2.34 bits per heavy atom. The topological polar surface area (TPSA) is 142 Å². The molecule has 1 N–H and O–H groups in total. The first-order valence-corrected chi connectivity index (χ1v) is 10.2. The Labute approximate surface area is 184 Å². The molecule has 0 spiro atoms. The van der Waals surface area contributed by atoms with Gasteiger partial charge in [-0.3, -0.25) is 29.8 Å². The zero-order valence-electron chi connectivity index (χ0n) is 17.9. The van der Waals surface area contributed by atoms with Gasteiger partial charge in [0.05, 0.1) is 34.5 Å². The Balaban J connectivity index is 2.12. The van der Waals surface area contributed by atoms with Crippen molar-refractivity contribution in [3.05, 3.63) is 79.9 Å². The summed E-state index contributed by atoms with van der Waals surface area (Å²) in [5, 5.41) is 25.3. The van der Waals surface area contributed by atoms with Gasteiger partial charge < -0.3 is 10.1 Å². The molecule has 2 atom stereocenters. The van der Waals surface area contributed by atoms with Crippen LogP contribution in [0, 0.1) is 20.2 Å². The van der Waals surface area contributed by atoms with E-state index in [2.05, 4.69) is 5.32 Å². The minimum atomic E-state index is -1.02. The molecule has 0 aliphatic carbocycles. The molecule has 10 heteroatoms. The average Bonchev–Trinajstić information content (AvgIpc) is 2.77. The van der Waals surface area contributed by atoms with Crippen LogP contribution in [0.15, 0.2) is 48.5 Å². The summed E-state index contributed by atoms with van der Waals surface area (Å²) in [5.41, 5.74) is 0.000562. The predicted molar refractivity (Wildman–Crippen MR) is 116 cm³/mol. The molecular weight excluding hydrogens is 418 g/mol. The van der Waals surface area contributed by atoms with Gasteiger partial charge in [-0.05, 0) is 38.3 Å². The van der Waals surface area contributed by atoms with Gasteiger partial charge in [-0.2, -0.15) is 0 Å². The molecule has 10 nitrogen and oxygen atoms in total. The second kappa shape index (κ2) is 11.5. The lowest BCUT2D eigenvalue weighted by atomic mass is 9.91. The number of ether oxygens (including phenoxy) is 1. The zero-order chi connectivity index (χ0) is 23.7. The van der Waals surface area contributed by atoms with Crippen molar-refractivity contribution in [1.29, 1.82) is 0 Å². The van der Waals surface area contributed by atoms with E-state index in [4.69, 9.17) is 4.74 Å². The monoisotopic (exact) mass is 443 g/mol. The van der Waals surface area contributed by atoms with Gasteiger partial charge in [-0.1, -0.05) is 30.3 Å². The maximum Gasteiger partial charge on any atom is 0.313 e. The SMILES string of the molecule is CCOC(=O)C(CCCC(=O)NC(C)c1ccccc1)c1ccc([N+](=O)[O-])cc1[N+](=O)[O-]. The van der Waals surface area contributed by atoms with Gasteiger partial charge in [-0.25, -0.2) is 0 Å². The number of hydrogen-bond acceptors (Lipinski definition) is 7. The first-order valence-electron chi connectivity index (χ1n) is 10.2. The van der Waals surface area contributed by atoms with Crippen LogP contribution in [-0.4, -0.2) is 28.3 Å². The van der Waals surface area contributed by atoms with E-state index < -0.39 is 33.1 Å². The molecule has 0 fully saturated rings. The van der Waals surface area contributed by atoms with Crippen LogP contribution in [-0.2, 0) is 14.3 Å². The molecule has 2 rings (SSSR count). The highest BCUT2D eigenvalue weighted by atomic mass is 16.6.